The molecule has 0 aliphatic carbocycles. The van der Waals surface area contributed by atoms with Gasteiger partial charge in [-0.25, -0.2) is 8.42 Å². The number of alkyl halides is 2. The third-order valence-electron chi connectivity index (χ3n) is 5.90. The van der Waals surface area contributed by atoms with Crippen LogP contribution in [-0.2, 0) is 34.3 Å². The molecule has 0 saturated heterocycles. The average molecular weight is 750 g/mol. The fourth-order valence-electron chi connectivity index (χ4n) is 3.67. The van der Waals surface area contributed by atoms with Crippen molar-refractivity contribution >= 4 is 79.2 Å². The monoisotopic (exact) mass is 748 g/mol. The molecule has 0 bridgehead atoms. The van der Waals surface area contributed by atoms with E-state index >= 15 is 0 Å². The van der Waals surface area contributed by atoms with E-state index in [1.807, 2.05) is 48.6 Å². The molecule has 0 aromatic heterocycles. The predicted octanol–water partition coefficient (Wildman–Crippen LogP) is 6.38. The Labute approximate surface area is 264 Å². The van der Waals surface area contributed by atoms with Gasteiger partial charge in [-0.05, 0) is 58.0 Å². The van der Waals surface area contributed by atoms with Crippen molar-refractivity contribution in [3.63, 3.8) is 0 Å². The number of carbonyl (C=O) groups excluding carboxylic acids is 2. The van der Waals surface area contributed by atoms with Gasteiger partial charge in [-0.1, -0.05) is 56.1 Å². The predicted molar refractivity (Wildman–Crippen MR) is 165 cm³/mol. The highest BCUT2D eigenvalue weighted by Crippen LogP contribution is 2.41. The summed E-state index contributed by atoms with van der Waals surface area (Å²) < 4.78 is 44.8. The van der Waals surface area contributed by atoms with Crippen LogP contribution >= 0.6 is 57.4 Å². The van der Waals surface area contributed by atoms with Gasteiger partial charge in [-0.3, -0.25) is 9.59 Å². The van der Waals surface area contributed by atoms with E-state index in [4.69, 9.17) is 53.8 Å². The second kappa shape index (κ2) is 14.6. The summed E-state index contributed by atoms with van der Waals surface area (Å²) in [5.74, 6) is -0.701. The van der Waals surface area contributed by atoms with E-state index in [2.05, 4.69) is 0 Å². The molecule has 0 amide bonds. The van der Waals surface area contributed by atoms with Crippen LogP contribution in [0.5, 0.6) is 11.5 Å². The van der Waals surface area contributed by atoms with Crippen molar-refractivity contribution in [2.45, 2.75) is 49.7 Å². The molecule has 2 aromatic rings. The zero-order valence-corrected chi connectivity index (χ0v) is 28.0. The second-order valence-electron chi connectivity index (χ2n) is 9.56. The van der Waals surface area contributed by atoms with Crippen molar-refractivity contribution in [1.29, 1.82) is 0 Å². The third-order valence-corrected chi connectivity index (χ3v) is 10.0. The molecule has 0 fully saturated rings. The minimum absolute atomic E-state index is 0.00938. The number of sulfone groups is 1. The highest BCUT2D eigenvalue weighted by atomic mass is 127. The number of benzene rings is 2. The number of hydrogen-bond donors (Lipinski definition) is 0. The van der Waals surface area contributed by atoms with Crippen LogP contribution in [0.15, 0.2) is 36.4 Å². The van der Waals surface area contributed by atoms with E-state index in [9.17, 15) is 18.0 Å². The van der Waals surface area contributed by atoms with Crippen LogP contribution in [0.4, 0.5) is 0 Å². The Bertz CT molecular complexity index is 1280. The number of esters is 2. The molecule has 0 saturated carbocycles. The van der Waals surface area contributed by atoms with E-state index in [0.717, 1.165) is 11.1 Å². The molecule has 0 heterocycles. The molecule has 0 spiro atoms. The van der Waals surface area contributed by atoms with E-state index < -0.39 is 36.9 Å². The Morgan fingerprint density at radius 2 is 1.55 bits per heavy atom. The van der Waals surface area contributed by atoms with Crippen LogP contribution in [0.25, 0.3) is 0 Å². The Morgan fingerprint density at radius 3 is 2.02 bits per heavy atom. The number of hydrogen-bond acceptors (Lipinski definition) is 8. The number of carbonyl (C=O) groups is 2. The van der Waals surface area contributed by atoms with Crippen molar-refractivity contribution in [2.24, 2.45) is 0 Å². The largest absolute Gasteiger partial charge is 0.490 e. The molecule has 222 valence electrons. The topological polar surface area (TPSA) is 105 Å². The SMILES string of the molecule is CCS(=O)(=O)C[C@H](COc1ccc(C(C)(C)c2cc(Cl)c(OCC(I)(CCl)OC(C)=O)c(Cl)c2)cc1)OC(C)=O. The number of ether oxygens (including phenoxy) is 4. The molecule has 2 aromatic carbocycles. The summed E-state index contributed by atoms with van der Waals surface area (Å²) in [6, 6.07) is 10.7. The van der Waals surface area contributed by atoms with Crippen LogP contribution < -0.4 is 9.47 Å². The van der Waals surface area contributed by atoms with E-state index in [1.165, 1.54) is 20.8 Å². The molecule has 2 rings (SSSR count). The van der Waals surface area contributed by atoms with Crippen LogP contribution in [0.1, 0.15) is 45.7 Å². The van der Waals surface area contributed by atoms with Gasteiger partial charge in [-0.15, -0.1) is 11.6 Å². The minimum atomic E-state index is -3.37. The van der Waals surface area contributed by atoms with Gasteiger partial charge in [0.1, 0.15) is 25.1 Å². The van der Waals surface area contributed by atoms with E-state index in [0.29, 0.717) is 5.75 Å². The summed E-state index contributed by atoms with van der Waals surface area (Å²) in [5.41, 5.74) is 1.22. The standard InChI is InChI=1S/C27H32Cl3IO8S/c1-6-40(34,35)14-22(38-17(2)32)13-36-21-9-7-19(8-10-21)26(4,5)20-11-23(29)25(24(30)12-20)37-16-27(31,15-28)39-18(3)33/h7-12,22H,6,13-16H2,1-5H3/t22-,27?/m0/s1. The second-order valence-corrected chi connectivity index (χ2v) is 15.0. The Balaban J connectivity index is 2.18. The van der Waals surface area contributed by atoms with Crippen molar-refractivity contribution in [2.75, 3.05) is 30.6 Å². The van der Waals surface area contributed by atoms with Gasteiger partial charge < -0.3 is 18.9 Å². The first-order chi connectivity index (χ1) is 18.5. The van der Waals surface area contributed by atoms with Gasteiger partial charge >= 0.3 is 11.9 Å². The van der Waals surface area contributed by atoms with Gasteiger partial charge in [-0.2, -0.15) is 0 Å². The van der Waals surface area contributed by atoms with Crippen molar-refractivity contribution < 1.29 is 37.0 Å². The lowest BCUT2D eigenvalue weighted by Gasteiger charge is -2.28. The molecular formula is C27H32Cl3IO8S. The first-order valence-electron chi connectivity index (χ1n) is 12.2. The van der Waals surface area contributed by atoms with E-state index in [-0.39, 0.29) is 46.4 Å². The van der Waals surface area contributed by atoms with Crippen molar-refractivity contribution in [1.82, 2.24) is 0 Å². The van der Waals surface area contributed by atoms with Gasteiger partial charge in [0.15, 0.2) is 15.6 Å². The molecular weight excluding hydrogens is 718 g/mol. The van der Waals surface area contributed by atoms with Gasteiger partial charge in [0.25, 0.3) is 0 Å². The Kier molecular flexibility index (Phi) is 12.7. The zero-order valence-electron chi connectivity index (χ0n) is 22.8. The third kappa shape index (κ3) is 10.1. The summed E-state index contributed by atoms with van der Waals surface area (Å²) in [5, 5.41) is 0.565. The fourth-order valence-corrected chi connectivity index (χ4v) is 5.83. The first-order valence-corrected chi connectivity index (χ1v) is 16.4. The van der Waals surface area contributed by atoms with Crippen LogP contribution in [0.2, 0.25) is 10.0 Å². The number of halogens is 4. The summed E-state index contributed by atoms with van der Waals surface area (Å²) in [6.07, 6.45) is -0.917. The first kappa shape index (κ1) is 34.7. The fraction of sp³-hybridized carbons (Fsp3) is 0.481. The summed E-state index contributed by atoms with van der Waals surface area (Å²) in [7, 11) is -3.37. The summed E-state index contributed by atoms with van der Waals surface area (Å²) >= 11 is 21.0. The summed E-state index contributed by atoms with van der Waals surface area (Å²) in [4.78, 5) is 22.8. The molecule has 0 aliphatic heterocycles. The molecule has 40 heavy (non-hydrogen) atoms. The minimum Gasteiger partial charge on any atom is -0.490 e. The van der Waals surface area contributed by atoms with Gasteiger partial charge in [0.05, 0.1) is 21.7 Å². The van der Waals surface area contributed by atoms with Crippen LogP contribution in [0.3, 0.4) is 0 Å². The van der Waals surface area contributed by atoms with Crippen LogP contribution in [-0.4, -0.2) is 60.7 Å². The normalized spacial score (nSPS) is 14.1. The molecule has 0 radical (unpaired) electrons. The van der Waals surface area contributed by atoms with E-state index in [1.54, 1.807) is 24.3 Å². The number of rotatable bonds is 14. The van der Waals surface area contributed by atoms with Gasteiger partial charge in [0.2, 0.25) is 3.61 Å². The van der Waals surface area contributed by atoms with Crippen molar-refractivity contribution in [3.8, 4) is 11.5 Å². The highest BCUT2D eigenvalue weighted by molar-refractivity contribution is 14.1. The average Bonchev–Trinajstić information content (AvgIpc) is 2.86. The van der Waals surface area contributed by atoms with Crippen molar-refractivity contribution in [3.05, 3.63) is 57.6 Å². The lowest BCUT2D eigenvalue weighted by Crippen LogP contribution is -2.36. The quantitative estimate of drug-likeness (QED) is 0.125. The molecule has 8 nitrogen and oxygen atoms in total. The van der Waals surface area contributed by atoms with Gasteiger partial charge in [0, 0.05) is 25.0 Å². The molecule has 2 atom stereocenters. The highest BCUT2D eigenvalue weighted by Gasteiger charge is 2.32. The maximum absolute atomic E-state index is 12.0. The maximum Gasteiger partial charge on any atom is 0.304 e. The Morgan fingerprint density at radius 1 is 0.975 bits per heavy atom. The lowest BCUT2D eigenvalue weighted by atomic mass is 9.78. The summed E-state index contributed by atoms with van der Waals surface area (Å²) in [6.45, 7) is 7.89. The smallest absolute Gasteiger partial charge is 0.304 e. The maximum atomic E-state index is 12.0. The molecule has 0 aliphatic rings. The Hall–Kier alpha value is -1.47. The molecule has 1 unspecified atom stereocenters. The lowest BCUT2D eigenvalue weighted by molar-refractivity contribution is -0.148. The van der Waals surface area contributed by atoms with Crippen LogP contribution in [0, 0.1) is 0 Å². The zero-order chi connectivity index (χ0) is 30.3. The molecule has 13 heteroatoms. The molecule has 0 N–H and O–H groups in total.